The molecule has 5 heteroatoms. The maximum atomic E-state index is 4.73. The van der Waals surface area contributed by atoms with Crippen LogP contribution in [0.5, 0.6) is 0 Å². The van der Waals surface area contributed by atoms with Crippen LogP contribution < -0.4 is 5.32 Å². The maximum Gasteiger partial charge on any atom is 0.107 e. The molecule has 108 valence electrons. The minimum Gasteiger partial charge on any atom is -0.310 e. The molecular weight excluding hydrogens is 274 g/mol. The molecule has 3 nitrogen and oxygen atoms in total. The van der Waals surface area contributed by atoms with Crippen molar-refractivity contribution in [3.63, 3.8) is 0 Å². The third kappa shape index (κ3) is 5.06. The third-order valence-corrected chi connectivity index (χ3v) is 5.39. The summed E-state index contributed by atoms with van der Waals surface area (Å²) in [5.41, 5.74) is 1.24. The Bertz CT molecular complexity index is 390. The van der Waals surface area contributed by atoms with Gasteiger partial charge in [-0.05, 0) is 26.8 Å². The van der Waals surface area contributed by atoms with Gasteiger partial charge in [-0.25, -0.2) is 4.98 Å². The summed E-state index contributed by atoms with van der Waals surface area (Å²) in [6.45, 7) is 12.2. The van der Waals surface area contributed by atoms with E-state index >= 15 is 0 Å². The zero-order valence-electron chi connectivity index (χ0n) is 12.2. The van der Waals surface area contributed by atoms with Gasteiger partial charge in [0.15, 0.2) is 0 Å². The van der Waals surface area contributed by atoms with Gasteiger partial charge in [0.2, 0.25) is 0 Å². The number of thioether (sulfide) groups is 1. The van der Waals surface area contributed by atoms with E-state index < -0.39 is 0 Å². The molecule has 2 heterocycles. The van der Waals surface area contributed by atoms with E-state index in [1.165, 1.54) is 36.0 Å². The first-order valence-electron chi connectivity index (χ1n) is 7.09. The predicted molar refractivity (Wildman–Crippen MR) is 85.9 cm³/mol. The van der Waals surface area contributed by atoms with Gasteiger partial charge >= 0.3 is 0 Å². The lowest BCUT2D eigenvalue weighted by Gasteiger charge is -2.37. The summed E-state index contributed by atoms with van der Waals surface area (Å²) in [5, 5.41) is 6.85. The molecule has 0 spiro atoms. The predicted octanol–water partition coefficient (Wildman–Crippen LogP) is 2.97. The van der Waals surface area contributed by atoms with Crippen molar-refractivity contribution in [2.45, 2.75) is 45.0 Å². The first kappa shape index (κ1) is 15.3. The molecule has 1 saturated heterocycles. The number of thiazole rings is 1. The fourth-order valence-electron chi connectivity index (χ4n) is 2.35. The van der Waals surface area contributed by atoms with Crippen LogP contribution in [0, 0.1) is 0 Å². The lowest BCUT2D eigenvalue weighted by Crippen LogP contribution is -2.42. The van der Waals surface area contributed by atoms with Crippen molar-refractivity contribution in [1.29, 1.82) is 0 Å². The van der Waals surface area contributed by atoms with Crippen LogP contribution in [-0.4, -0.2) is 40.0 Å². The van der Waals surface area contributed by atoms with E-state index in [1.54, 1.807) is 11.3 Å². The topological polar surface area (TPSA) is 28.2 Å². The van der Waals surface area contributed by atoms with E-state index in [0.717, 1.165) is 19.6 Å². The van der Waals surface area contributed by atoms with Gasteiger partial charge < -0.3 is 5.32 Å². The average molecular weight is 300 g/mol. The minimum absolute atomic E-state index is 0.389. The molecule has 2 rings (SSSR count). The van der Waals surface area contributed by atoms with Gasteiger partial charge in [0.25, 0.3) is 0 Å². The van der Waals surface area contributed by atoms with Gasteiger partial charge in [0.1, 0.15) is 5.01 Å². The van der Waals surface area contributed by atoms with Crippen molar-refractivity contribution in [3.8, 4) is 0 Å². The van der Waals surface area contributed by atoms with Gasteiger partial charge in [-0.1, -0.05) is 6.92 Å². The molecule has 1 aromatic heterocycles. The van der Waals surface area contributed by atoms with Gasteiger partial charge in [0, 0.05) is 42.1 Å². The lowest BCUT2D eigenvalue weighted by atomic mass is 10.2. The van der Waals surface area contributed by atoms with Crippen LogP contribution >= 0.6 is 23.1 Å². The normalized spacial score (nSPS) is 19.7. The molecule has 0 radical (unpaired) electrons. The molecule has 1 aliphatic rings. The Morgan fingerprint density at radius 2 is 2.32 bits per heavy atom. The van der Waals surface area contributed by atoms with Crippen LogP contribution in [-0.2, 0) is 13.1 Å². The Kier molecular flexibility index (Phi) is 5.69. The van der Waals surface area contributed by atoms with E-state index in [0.29, 0.717) is 4.75 Å². The largest absolute Gasteiger partial charge is 0.310 e. The summed E-state index contributed by atoms with van der Waals surface area (Å²) < 4.78 is 0.389. The summed E-state index contributed by atoms with van der Waals surface area (Å²) in [7, 11) is 0. The van der Waals surface area contributed by atoms with Crippen molar-refractivity contribution < 1.29 is 0 Å². The molecular formula is C14H25N3S2. The molecule has 1 aliphatic heterocycles. The summed E-state index contributed by atoms with van der Waals surface area (Å²) in [5.74, 6) is 1.24. The molecule has 0 aliphatic carbocycles. The molecule has 0 bridgehead atoms. The number of aromatic nitrogens is 1. The third-order valence-electron chi connectivity index (χ3n) is 3.19. The maximum absolute atomic E-state index is 4.73. The minimum atomic E-state index is 0.389. The quantitative estimate of drug-likeness (QED) is 0.818. The van der Waals surface area contributed by atoms with Crippen molar-refractivity contribution in [1.82, 2.24) is 15.2 Å². The summed E-state index contributed by atoms with van der Waals surface area (Å²) in [4.78, 5) is 7.27. The second kappa shape index (κ2) is 7.07. The Morgan fingerprint density at radius 3 is 3.05 bits per heavy atom. The Labute approximate surface area is 125 Å². The van der Waals surface area contributed by atoms with E-state index in [-0.39, 0.29) is 0 Å². The fourth-order valence-corrected chi connectivity index (χ4v) is 4.28. The second-order valence-electron chi connectivity index (χ2n) is 5.73. The van der Waals surface area contributed by atoms with E-state index in [9.17, 15) is 0 Å². The molecule has 0 saturated carbocycles. The molecule has 1 fully saturated rings. The summed E-state index contributed by atoms with van der Waals surface area (Å²) >= 11 is 3.87. The van der Waals surface area contributed by atoms with Crippen LogP contribution in [0.25, 0.3) is 0 Å². The zero-order valence-corrected chi connectivity index (χ0v) is 13.9. The number of nitrogens with one attached hydrogen (secondary N) is 1. The zero-order chi connectivity index (χ0) is 13.7. The molecule has 1 N–H and O–H groups in total. The number of hydrogen-bond acceptors (Lipinski definition) is 5. The standard InChI is InChI=1S/C14H25N3S2/c1-4-5-15-8-13-16-12(10-18-13)9-17-6-7-19-14(2,3)11-17/h10,15H,4-9,11H2,1-3H3. The summed E-state index contributed by atoms with van der Waals surface area (Å²) in [6, 6.07) is 0. The summed E-state index contributed by atoms with van der Waals surface area (Å²) in [6.07, 6.45) is 1.18. The number of nitrogens with zero attached hydrogens (tertiary/aromatic N) is 2. The van der Waals surface area contributed by atoms with Crippen LogP contribution in [0.4, 0.5) is 0 Å². The molecule has 0 unspecified atom stereocenters. The highest BCUT2D eigenvalue weighted by atomic mass is 32.2. The average Bonchev–Trinajstić information content (AvgIpc) is 2.76. The van der Waals surface area contributed by atoms with Gasteiger partial charge in [-0.15, -0.1) is 11.3 Å². The highest BCUT2D eigenvalue weighted by molar-refractivity contribution is 8.00. The van der Waals surface area contributed by atoms with Crippen LogP contribution in [0.2, 0.25) is 0 Å². The lowest BCUT2D eigenvalue weighted by molar-refractivity contribution is 0.250. The Morgan fingerprint density at radius 1 is 1.47 bits per heavy atom. The molecule has 0 amide bonds. The molecule has 19 heavy (non-hydrogen) atoms. The Balaban J connectivity index is 1.82. The van der Waals surface area contributed by atoms with Gasteiger partial charge in [0.05, 0.1) is 5.69 Å². The fraction of sp³-hybridized carbons (Fsp3) is 0.786. The molecule has 1 aromatic rings. The number of hydrogen-bond donors (Lipinski definition) is 1. The van der Waals surface area contributed by atoms with Crippen LogP contribution in [0.1, 0.15) is 37.9 Å². The first-order chi connectivity index (χ1) is 9.09. The number of rotatable bonds is 6. The molecule has 0 atom stereocenters. The van der Waals surface area contributed by atoms with Crippen LogP contribution in [0.3, 0.4) is 0 Å². The highest BCUT2D eigenvalue weighted by Crippen LogP contribution is 2.30. The first-order valence-corrected chi connectivity index (χ1v) is 8.96. The monoisotopic (exact) mass is 299 g/mol. The van der Waals surface area contributed by atoms with E-state index in [1.807, 2.05) is 0 Å². The van der Waals surface area contributed by atoms with Crippen molar-refractivity contribution in [3.05, 3.63) is 16.1 Å². The van der Waals surface area contributed by atoms with E-state index in [4.69, 9.17) is 4.98 Å². The second-order valence-corrected chi connectivity index (χ2v) is 8.47. The highest BCUT2D eigenvalue weighted by Gasteiger charge is 2.27. The van der Waals surface area contributed by atoms with Crippen molar-refractivity contribution >= 4 is 23.1 Å². The SMILES string of the molecule is CCCNCc1nc(CN2CCSC(C)(C)C2)cs1. The Hall–Kier alpha value is -0.100. The van der Waals surface area contributed by atoms with Crippen molar-refractivity contribution in [2.24, 2.45) is 0 Å². The van der Waals surface area contributed by atoms with Gasteiger partial charge in [-0.2, -0.15) is 11.8 Å². The smallest absolute Gasteiger partial charge is 0.107 e. The molecule has 0 aromatic carbocycles. The van der Waals surface area contributed by atoms with E-state index in [2.05, 4.69) is 48.1 Å². The van der Waals surface area contributed by atoms with Crippen LogP contribution in [0.15, 0.2) is 5.38 Å². The van der Waals surface area contributed by atoms with Gasteiger partial charge in [-0.3, -0.25) is 4.90 Å². The van der Waals surface area contributed by atoms with Crippen molar-refractivity contribution in [2.75, 3.05) is 25.4 Å².